The molecule has 9 heteroatoms. The average molecular weight is 418 g/mol. The molecule has 30 heavy (non-hydrogen) atoms. The Morgan fingerprint density at radius 2 is 1.83 bits per heavy atom. The molecule has 0 aromatic heterocycles. The lowest BCUT2D eigenvalue weighted by Gasteiger charge is -2.20. The monoisotopic (exact) mass is 418 g/mol. The number of phenolic OH excluding ortho intramolecular Hbond substituents is 1. The van der Waals surface area contributed by atoms with Gasteiger partial charge in [-0.25, -0.2) is 9.18 Å². The summed E-state index contributed by atoms with van der Waals surface area (Å²) in [4.78, 5) is 37.7. The molecule has 0 saturated carbocycles. The molecule has 0 fully saturated rings. The number of methoxy groups -OCH3 is 1. The van der Waals surface area contributed by atoms with Gasteiger partial charge in [-0.15, -0.1) is 0 Å². The first-order chi connectivity index (χ1) is 14.3. The molecule has 0 spiro atoms. The van der Waals surface area contributed by atoms with Gasteiger partial charge in [-0.3, -0.25) is 9.59 Å². The van der Waals surface area contributed by atoms with Gasteiger partial charge in [-0.2, -0.15) is 0 Å². The topological polar surface area (TPSA) is 105 Å². The Balaban J connectivity index is 1.84. The number of amides is 2. The molecule has 2 aromatic carbocycles. The maximum absolute atomic E-state index is 12.9. The number of carbonyl (C=O) groups is 3. The summed E-state index contributed by atoms with van der Waals surface area (Å²) in [7, 11) is 1.42. The van der Waals surface area contributed by atoms with Crippen LogP contribution in [-0.4, -0.2) is 54.6 Å². The molecule has 0 aliphatic carbocycles. The van der Waals surface area contributed by atoms with Gasteiger partial charge in [-0.1, -0.05) is 12.1 Å². The van der Waals surface area contributed by atoms with Crippen molar-refractivity contribution in [3.63, 3.8) is 0 Å². The molecule has 2 rings (SSSR count). The predicted octanol–water partition coefficient (Wildman–Crippen LogP) is 1.86. The smallest absolute Gasteiger partial charge is 0.342 e. The van der Waals surface area contributed by atoms with Crippen molar-refractivity contribution in [2.75, 3.05) is 26.8 Å². The van der Waals surface area contributed by atoms with Crippen molar-refractivity contribution in [1.29, 1.82) is 0 Å². The summed E-state index contributed by atoms with van der Waals surface area (Å²) in [6, 6.07) is 9.72. The predicted molar refractivity (Wildman–Crippen MR) is 105 cm³/mol. The van der Waals surface area contributed by atoms with Crippen LogP contribution in [0.2, 0.25) is 0 Å². The first-order valence-corrected chi connectivity index (χ1v) is 9.17. The maximum Gasteiger partial charge on any atom is 0.342 e. The van der Waals surface area contributed by atoms with Crippen LogP contribution in [0.25, 0.3) is 0 Å². The Hall–Kier alpha value is -3.62. The molecule has 8 nitrogen and oxygen atoms in total. The zero-order valence-corrected chi connectivity index (χ0v) is 16.7. The molecule has 0 aliphatic rings. The van der Waals surface area contributed by atoms with Crippen molar-refractivity contribution in [3.05, 3.63) is 59.4 Å². The highest BCUT2D eigenvalue weighted by Gasteiger charge is 2.19. The van der Waals surface area contributed by atoms with Crippen molar-refractivity contribution < 1.29 is 33.4 Å². The lowest BCUT2D eigenvalue weighted by molar-refractivity contribution is -0.138. The van der Waals surface area contributed by atoms with Crippen LogP contribution in [-0.2, 0) is 20.9 Å². The minimum atomic E-state index is -0.875. The van der Waals surface area contributed by atoms with Gasteiger partial charge in [-0.05, 0) is 36.8 Å². The van der Waals surface area contributed by atoms with Crippen molar-refractivity contribution >= 4 is 17.8 Å². The number of esters is 1. The van der Waals surface area contributed by atoms with Gasteiger partial charge in [0.1, 0.15) is 22.9 Å². The van der Waals surface area contributed by atoms with E-state index in [0.717, 1.165) is 0 Å². The number of rotatable bonds is 9. The number of likely N-dealkylation sites (N-methyl/N-ethyl adjacent to an activating group) is 1. The molecule has 0 unspecified atom stereocenters. The van der Waals surface area contributed by atoms with Crippen LogP contribution >= 0.6 is 0 Å². The number of aromatic hydroxyl groups is 1. The second-order valence-electron chi connectivity index (χ2n) is 6.27. The molecule has 0 atom stereocenters. The molecule has 160 valence electrons. The molecule has 2 aromatic rings. The van der Waals surface area contributed by atoms with E-state index in [1.807, 2.05) is 0 Å². The SMILES string of the molecule is CCN(CC(=O)NCc1ccc(F)cc1)C(=O)COC(=O)c1ccc(OC)cc1O. The van der Waals surface area contributed by atoms with Crippen molar-refractivity contribution in [2.24, 2.45) is 0 Å². The Bertz CT molecular complexity index is 901. The van der Waals surface area contributed by atoms with E-state index in [4.69, 9.17) is 9.47 Å². The van der Waals surface area contributed by atoms with Crippen molar-refractivity contribution in [1.82, 2.24) is 10.2 Å². The Kier molecular flexibility index (Phi) is 8.16. The van der Waals surface area contributed by atoms with Crippen LogP contribution < -0.4 is 10.1 Å². The van der Waals surface area contributed by atoms with Gasteiger partial charge in [0.15, 0.2) is 6.61 Å². The number of ether oxygens (including phenoxy) is 2. The quantitative estimate of drug-likeness (QED) is 0.603. The fraction of sp³-hybridized carbons (Fsp3) is 0.286. The van der Waals surface area contributed by atoms with Crippen LogP contribution in [0.1, 0.15) is 22.8 Å². The van der Waals surface area contributed by atoms with E-state index < -0.39 is 24.4 Å². The number of nitrogens with zero attached hydrogens (tertiary/aromatic N) is 1. The molecule has 0 heterocycles. The minimum Gasteiger partial charge on any atom is -0.507 e. The highest BCUT2D eigenvalue weighted by Crippen LogP contribution is 2.23. The fourth-order valence-electron chi connectivity index (χ4n) is 2.52. The molecular formula is C21H23FN2O6. The summed E-state index contributed by atoms with van der Waals surface area (Å²) in [5.41, 5.74) is 0.607. The zero-order chi connectivity index (χ0) is 22.1. The average Bonchev–Trinajstić information content (AvgIpc) is 2.74. The third kappa shape index (κ3) is 6.47. The first-order valence-electron chi connectivity index (χ1n) is 9.17. The van der Waals surface area contributed by atoms with Crippen LogP contribution in [0, 0.1) is 5.82 Å². The van der Waals surface area contributed by atoms with Crippen LogP contribution in [0.3, 0.4) is 0 Å². The van der Waals surface area contributed by atoms with E-state index in [2.05, 4.69) is 5.32 Å². The number of hydrogen-bond donors (Lipinski definition) is 2. The van der Waals surface area contributed by atoms with Gasteiger partial charge in [0.2, 0.25) is 5.91 Å². The normalized spacial score (nSPS) is 10.2. The second kappa shape index (κ2) is 10.8. The van der Waals surface area contributed by atoms with E-state index in [1.54, 1.807) is 19.1 Å². The summed E-state index contributed by atoms with van der Waals surface area (Å²) < 4.78 is 22.8. The van der Waals surface area contributed by atoms with Crippen molar-refractivity contribution in [2.45, 2.75) is 13.5 Å². The number of benzene rings is 2. The molecule has 0 radical (unpaired) electrons. The molecule has 2 N–H and O–H groups in total. The first kappa shape index (κ1) is 22.7. The highest BCUT2D eigenvalue weighted by molar-refractivity contribution is 5.94. The molecule has 2 amide bonds. The summed E-state index contributed by atoms with van der Waals surface area (Å²) in [6.45, 7) is 1.30. The number of phenols is 1. The van der Waals surface area contributed by atoms with Gasteiger partial charge in [0.05, 0.1) is 13.7 Å². The Morgan fingerprint density at radius 1 is 1.13 bits per heavy atom. The number of carbonyl (C=O) groups excluding carboxylic acids is 3. The molecular weight excluding hydrogens is 395 g/mol. The zero-order valence-electron chi connectivity index (χ0n) is 16.7. The van der Waals surface area contributed by atoms with E-state index in [0.29, 0.717) is 11.3 Å². The van der Waals surface area contributed by atoms with Crippen LogP contribution in [0.5, 0.6) is 11.5 Å². The summed E-state index contributed by atoms with van der Waals surface area (Å²) in [5.74, 6) is -2.18. The molecule has 0 saturated heterocycles. The van der Waals surface area contributed by atoms with Crippen LogP contribution in [0.15, 0.2) is 42.5 Å². The number of halogens is 1. The summed E-state index contributed by atoms with van der Waals surface area (Å²) >= 11 is 0. The van der Waals surface area contributed by atoms with E-state index >= 15 is 0 Å². The summed E-state index contributed by atoms with van der Waals surface area (Å²) in [6.07, 6.45) is 0. The highest BCUT2D eigenvalue weighted by atomic mass is 19.1. The Labute approximate surface area is 173 Å². The van der Waals surface area contributed by atoms with E-state index in [1.165, 1.54) is 42.3 Å². The van der Waals surface area contributed by atoms with Crippen molar-refractivity contribution in [3.8, 4) is 11.5 Å². The largest absolute Gasteiger partial charge is 0.507 e. The maximum atomic E-state index is 12.9. The number of hydrogen-bond acceptors (Lipinski definition) is 6. The number of nitrogens with one attached hydrogen (secondary N) is 1. The van der Waals surface area contributed by atoms with Crippen LogP contribution in [0.4, 0.5) is 4.39 Å². The fourth-order valence-corrected chi connectivity index (χ4v) is 2.52. The standard InChI is InChI=1S/C21H23FN2O6/c1-3-24(12-19(26)23-11-14-4-6-15(22)7-5-14)20(27)13-30-21(28)17-9-8-16(29-2)10-18(17)25/h4-10,25H,3,11-13H2,1-2H3,(H,23,26). The van der Waals surface area contributed by atoms with Gasteiger partial charge in [0, 0.05) is 19.2 Å². The summed E-state index contributed by atoms with van der Waals surface area (Å²) in [5, 5.41) is 12.5. The lowest BCUT2D eigenvalue weighted by Crippen LogP contribution is -2.42. The van der Waals surface area contributed by atoms with Gasteiger partial charge >= 0.3 is 5.97 Å². The molecule has 0 aliphatic heterocycles. The van der Waals surface area contributed by atoms with E-state index in [-0.39, 0.29) is 36.8 Å². The molecule has 0 bridgehead atoms. The van der Waals surface area contributed by atoms with Gasteiger partial charge < -0.3 is 24.8 Å². The third-order valence-corrected chi connectivity index (χ3v) is 4.22. The van der Waals surface area contributed by atoms with E-state index in [9.17, 15) is 23.9 Å². The lowest BCUT2D eigenvalue weighted by atomic mass is 10.2. The van der Waals surface area contributed by atoms with Gasteiger partial charge in [0.25, 0.3) is 5.91 Å². The third-order valence-electron chi connectivity index (χ3n) is 4.22. The minimum absolute atomic E-state index is 0.108. The second-order valence-corrected chi connectivity index (χ2v) is 6.27. The Morgan fingerprint density at radius 3 is 2.43 bits per heavy atom.